The Kier molecular flexibility index (Phi) is 5.03. The van der Waals surface area contributed by atoms with Crippen LogP contribution in [0.5, 0.6) is 5.75 Å². The predicted octanol–water partition coefficient (Wildman–Crippen LogP) is 3.23. The normalized spacial score (nSPS) is 16.4. The summed E-state index contributed by atoms with van der Waals surface area (Å²) in [7, 11) is 0. The first-order chi connectivity index (χ1) is 11.6. The summed E-state index contributed by atoms with van der Waals surface area (Å²) in [6, 6.07) is 7.81. The van der Waals surface area contributed by atoms with Gasteiger partial charge in [-0.15, -0.1) is 0 Å². The van der Waals surface area contributed by atoms with Crippen LogP contribution in [0.1, 0.15) is 31.7 Å². The van der Waals surface area contributed by atoms with Gasteiger partial charge in [-0.05, 0) is 24.0 Å². The van der Waals surface area contributed by atoms with Crippen LogP contribution in [0.2, 0.25) is 0 Å². The molecule has 3 rings (SSSR count). The van der Waals surface area contributed by atoms with Crippen LogP contribution in [0.15, 0.2) is 36.7 Å². The molecule has 0 bridgehead atoms. The second-order valence-corrected chi connectivity index (χ2v) is 6.55. The predicted molar refractivity (Wildman–Crippen MR) is 93.4 cm³/mol. The average Bonchev–Trinajstić information content (AvgIpc) is 2.99. The summed E-state index contributed by atoms with van der Waals surface area (Å²) in [6.45, 7) is 6.38. The van der Waals surface area contributed by atoms with Gasteiger partial charge in [-0.1, -0.05) is 32.0 Å². The zero-order valence-corrected chi connectivity index (χ0v) is 14.2. The van der Waals surface area contributed by atoms with Crippen LogP contribution < -0.4 is 15.4 Å². The second-order valence-electron chi connectivity index (χ2n) is 6.55. The number of nitrogens with one attached hydrogen (secondary N) is 2. The summed E-state index contributed by atoms with van der Waals surface area (Å²) in [6.07, 6.45) is 4.43. The zero-order chi connectivity index (χ0) is 16.9. The minimum atomic E-state index is -0.205. The number of carbonyl (C=O) groups excluding carboxylic acids is 1. The maximum Gasteiger partial charge on any atom is 0.319 e. The summed E-state index contributed by atoms with van der Waals surface area (Å²) >= 11 is 0. The number of hydrogen-bond donors (Lipinski definition) is 2. The first-order valence-corrected chi connectivity index (χ1v) is 8.41. The molecule has 6 heteroatoms. The highest BCUT2D eigenvalue weighted by Gasteiger charge is 2.21. The van der Waals surface area contributed by atoms with Crippen molar-refractivity contribution in [2.75, 3.05) is 18.5 Å². The molecule has 1 unspecified atom stereocenters. The van der Waals surface area contributed by atoms with Crippen LogP contribution in [0, 0.1) is 5.92 Å². The molecule has 0 saturated carbocycles. The first-order valence-electron chi connectivity index (χ1n) is 8.41. The number of rotatable bonds is 5. The highest BCUT2D eigenvalue weighted by Crippen LogP contribution is 2.32. The van der Waals surface area contributed by atoms with E-state index in [-0.39, 0.29) is 11.9 Å². The largest absolute Gasteiger partial charge is 0.493 e. The van der Waals surface area contributed by atoms with Gasteiger partial charge in [0.2, 0.25) is 0 Å². The van der Waals surface area contributed by atoms with Gasteiger partial charge < -0.3 is 15.4 Å². The maximum atomic E-state index is 12.1. The highest BCUT2D eigenvalue weighted by atomic mass is 16.5. The molecule has 1 aliphatic heterocycles. The van der Waals surface area contributed by atoms with Crippen molar-refractivity contribution >= 4 is 11.7 Å². The molecule has 0 radical (unpaired) electrons. The average molecular weight is 328 g/mol. The molecular weight excluding hydrogens is 304 g/mol. The van der Waals surface area contributed by atoms with E-state index < -0.39 is 0 Å². The van der Waals surface area contributed by atoms with E-state index in [1.165, 1.54) is 0 Å². The van der Waals surface area contributed by atoms with E-state index >= 15 is 0 Å². The molecule has 0 saturated heterocycles. The Bertz CT molecular complexity index is 696. The number of hydrogen-bond acceptors (Lipinski definition) is 3. The molecule has 2 amide bonds. The van der Waals surface area contributed by atoms with Crippen molar-refractivity contribution in [2.45, 2.75) is 32.7 Å². The molecule has 2 N–H and O–H groups in total. The molecule has 0 spiro atoms. The van der Waals surface area contributed by atoms with E-state index in [4.69, 9.17) is 4.74 Å². The summed E-state index contributed by atoms with van der Waals surface area (Å²) in [4.78, 5) is 12.1. The summed E-state index contributed by atoms with van der Waals surface area (Å²) in [5.41, 5.74) is 1.87. The molecule has 1 aliphatic rings. The molecule has 0 aliphatic carbocycles. The molecule has 1 atom stereocenters. The number of fused-ring (bicyclic) bond motifs is 1. The maximum absolute atomic E-state index is 12.1. The van der Waals surface area contributed by atoms with Gasteiger partial charge in [-0.25, -0.2) is 4.79 Å². The Balaban J connectivity index is 1.52. The van der Waals surface area contributed by atoms with Crippen LogP contribution in [-0.2, 0) is 6.54 Å². The number of carbonyl (C=O) groups is 1. The van der Waals surface area contributed by atoms with E-state index in [1.807, 2.05) is 29.1 Å². The standard InChI is InChI=1S/C18H24N4O2/c1-13(2)11-22-12-15(10-20-22)21-18(23)19-9-14-7-8-24-17-6-4-3-5-16(14)17/h3-6,10,12-14H,7-9,11H2,1-2H3,(H2,19,21,23). The van der Waals surface area contributed by atoms with Gasteiger partial charge in [0.15, 0.2) is 0 Å². The lowest BCUT2D eigenvalue weighted by atomic mass is 9.93. The fourth-order valence-electron chi connectivity index (χ4n) is 2.92. The molecule has 128 valence electrons. The van der Waals surface area contributed by atoms with Crippen molar-refractivity contribution in [3.05, 3.63) is 42.2 Å². The summed E-state index contributed by atoms with van der Waals surface area (Å²) in [5.74, 6) is 1.72. The topological polar surface area (TPSA) is 68.2 Å². The first kappa shape index (κ1) is 16.4. The van der Waals surface area contributed by atoms with Crippen LogP contribution >= 0.6 is 0 Å². The molecule has 1 aromatic carbocycles. The lowest BCUT2D eigenvalue weighted by Crippen LogP contribution is -2.33. The number of aromatic nitrogens is 2. The number of para-hydroxylation sites is 1. The Labute approximate surface area is 142 Å². The summed E-state index contributed by atoms with van der Waals surface area (Å²) < 4.78 is 7.49. The lowest BCUT2D eigenvalue weighted by molar-refractivity contribution is 0.245. The van der Waals surface area contributed by atoms with Crippen LogP contribution in [-0.4, -0.2) is 29.0 Å². The number of nitrogens with zero attached hydrogens (tertiary/aromatic N) is 2. The molecule has 1 aromatic heterocycles. The fraction of sp³-hybridized carbons (Fsp3) is 0.444. The number of benzene rings is 1. The monoisotopic (exact) mass is 328 g/mol. The van der Waals surface area contributed by atoms with Gasteiger partial charge in [0.1, 0.15) is 5.75 Å². The van der Waals surface area contributed by atoms with E-state index in [2.05, 4.69) is 35.6 Å². The van der Waals surface area contributed by atoms with Gasteiger partial charge in [0, 0.05) is 25.2 Å². The summed E-state index contributed by atoms with van der Waals surface area (Å²) in [5, 5.41) is 10.0. The minimum Gasteiger partial charge on any atom is -0.493 e. The van der Waals surface area contributed by atoms with Crippen molar-refractivity contribution in [3.63, 3.8) is 0 Å². The highest BCUT2D eigenvalue weighted by molar-refractivity contribution is 5.88. The Morgan fingerprint density at radius 1 is 1.42 bits per heavy atom. The second kappa shape index (κ2) is 7.38. The Hall–Kier alpha value is -2.50. The van der Waals surface area contributed by atoms with Gasteiger partial charge >= 0.3 is 6.03 Å². The van der Waals surface area contributed by atoms with Gasteiger partial charge in [-0.2, -0.15) is 5.10 Å². The number of amides is 2. The molecule has 0 fully saturated rings. The van der Waals surface area contributed by atoms with Crippen molar-refractivity contribution in [1.82, 2.24) is 15.1 Å². The van der Waals surface area contributed by atoms with Crippen molar-refractivity contribution in [3.8, 4) is 5.75 Å². The van der Waals surface area contributed by atoms with Gasteiger partial charge in [0.05, 0.1) is 18.5 Å². The number of ether oxygens (including phenoxy) is 1. The molecule has 2 aromatic rings. The zero-order valence-electron chi connectivity index (χ0n) is 14.2. The van der Waals surface area contributed by atoms with Crippen molar-refractivity contribution < 1.29 is 9.53 Å². The molecule has 2 heterocycles. The molecule has 6 nitrogen and oxygen atoms in total. The third kappa shape index (κ3) is 4.07. The quantitative estimate of drug-likeness (QED) is 0.885. The van der Waals surface area contributed by atoms with Crippen molar-refractivity contribution in [1.29, 1.82) is 0 Å². The third-order valence-corrected chi connectivity index (χ3v) is 4.04. The lowest BCUT2D eigenvalue weighted by Gasteiger charge is -2.25. The van der Waals surface area contributed by atoms with Crippen molar-refractivity contribution in [2.24, 2.45) is 5.92 Å². The SMILES string of the molecule is CC(C)Cn1cc(NC(=O)NCC2CCOc3ccccc32)cn1. The molecule has 24 heavy (non-hydrogen) atoms. The number of anilines is 1. The molecular formula is C18H24N4O2. The van der Waals surface area contributed by atoms with E-state index in [0.717, 1.165) is 24.3 Å². The van der Waals surface area contributed by atoms with E-state index in [9.17, 15) is 4.79 Å². The third-order valence-electron chi connectivity index (χ3n) is 4.04. The minimum absolute atomic E-state index is 0.205. The van der Waals surface area contributed by atoms with Crippen LogP contribution in [0.4, 0.5) is 10.5 Å². The Morgan fingerprint density at radius 3 is 3.08 bits per heavy atom. The van der Waals surface area contributed by atoms with Gasteiger partial charge in [-0.3, -0.25) is 4.68 Å². The van der Waals surface area contributed by atoms with Crippen LogP contribution in [0.3, 0.4) is 0 Å². The van der Waals surface area contributed by atoms with Crippen LogP contribution in [0.25, 0.3) is 0 Å². The Morgan fingerprint density at radius 2 is 2.25 bits per heavy atom. The van der Waals surface area contributed by atoms with Gasteiger partial charge in [0.25, 0.3) is 0 Å². The van der Waals surface area contributed by atoms with E-state index in [1.54, 1.807) is 6.20 Å². The number of urea groups is 1. The van der Waals surface area contributed by atoms with E-state index in [0.29, 0.717) is 24.8 Å². The fourth-order valence-corrected chi connectivity index (χ4v) is 2.92. The smallest absolute Gasteiger partial charge is 0.319 e.